The molecule has 1 rings (SSSR count). The van der Waals surface area contributed by atoms with Crippen molar-refractivity contribution in [3.8, 4) is 0 Å². The van der Waals surface area contributed by atoms with Gasteiger partial charge in [0, 0.05) is 6.26 Å². The maximum atomic E-state index is 11.0. The predicted octanol–water partition coefficient (Wildman–Crippen LogP) is -0.127. The Hall–Kier alpha value is -1.44. The minimum absolute atomic E-state index is 0.218. The molecular weight excluding hydrogens is 212 g/mol. The van der Waals surface area contributed by atoms with Gasteiger partial charge in [-0.1, -0.05) is 0 Å². The smallest absolute Gasteiger partial charge is 0.377 e. The van der Waals surface area contributed by atoms with E-state index in [0.717, 1.165) is 6.26 Å². The van der Waals surface area contributed by atoms with Gasteiger partial charge in [0.2, 0.25) is 5.89 Å². The van der Waals surface area contributed by atoms with Crippen LogP contribution in [0.15, 0.2) is 4.52 Å². The highest BCUT2D eigenvalue weighted by atomic mass is 32.2. The van der Waals surface area contributed by atoms with Crippen LogP contribution in [0.25, 0.3) is 0 Å². The monoisotopic (exact) mass is 220 g/mol. The third kappa shape index (κ3) is 2.08. The highest BCUT2D eigenvalue weighted by Gasteiger charge is 2.25. The van der Waals surface area contributed by atoms with Gasteiger partial charge in [0.15, 0.2) is 9.84 Å². The topological polar surface area (TPSA) is 110 Å². The lowest BCUT2D eigenvalue weighted by atomic mass is 10.5. The molecule has 1 aromatic heterocycles. The first-order chi connectivity index (χ1) is 6.32. The molecule has 0 bridgehead atoms. The minimum Gasteiger partial charge on any atom is -0.475 e. The summed E-state index contributed by atoms with van der Waals surface area (Å²) in [4.78, 5) is 13.8. The van der Waals surface area contributed by atoms with E-state index < -0.39 is 26.9 Å². The zero-order valence-electron chi connectivity index (χ0n) is 7.46. The van der Waals surface area contributed by atoms with Crippen LogP contribution in [0.4, 0.5) is 0 Å². The number of hydrogen-bond donors (Lipinski definition) is 1. The Labute approximate surface area is 79.7 Å². The molecule has 0 aliphatic carbocycles. The standard InChI is InChI=1S/C6H8N2O5S/c1-3(14(2,11)12)5-7-4(6(9)10)8-13-5/h3H,1-2H3,(H,9,10). The van der Waals surface area contributed by atoms with Crippen molar-refractivity contribution in [2.45, 2.75) is 12.2 Å². The fourth-order valence-corrected chi connectivity index (χ4v) is 1.13. The molecule has 0 aromatic carbocycles. The van der Waals surface area contributed by atoms with E-state index in [9.17, 15) is 13.2 Å². The van der Waals surface area contributed by atoms with Gasteiger partial charge in [-0.2, -0.15) is 4.98 Å². The van der Waals surface area contributed by atoms with Crippen molar-refractivity contribution in [3.05, 3.63) is 11.7 Å². The van der Waals surface area contributed by atoms with Crippen LogP contribution >= 0.6 is 0 Å². The van der Waals surface area contributed by atoms with Gasteiger partial charge in [-0.3, -0.25) is 0 Å². The van der Waals surface area contributed by atoms with Gasteiger partial charge in [0.25, 0.3) is 5.82 Å². The number of rotatable bonds is 3. The largest absolute Gasteiger partial charge is 0.475 e. The van der Waals surface area contributed by atoms with Crippen LogP contribution in [0, 0.1) is 0 Å². The van der Waals surface area contributed by atoms with Crippen molar-refractivity contribution in [1.82, 2.24) is 10.1 Å². The van der Waals surface area contributed by atoms with E-state index in [4.69, 9.17) is 5.11 Å². The predicted molar refractivity (Wildman–Crippen MR) is 44.5 cm³/mol. The Bertz CT molecular complexity index is 449. The summed E-state index contributed by atoms with van der Waals surface area (Å²) in [7, 11) is -3.36. The van der Waals surface area contributed by atoms with Crippen molar-refractivity contribution in [1.29, 1.82) is 0 Å². The van der Waals surface area contributed by atoms with Crippen molar-refractivity contribution in [2.24, 2.45) is 0 Å². The summed E-state index contributed by atoms with van der Waals surface area (Å²) >= 11 is 0. The molecule has 1 N–H and O–H groups in total. The van der Waals surface area contributed by atoms with Gasteiger partial charge in [-0.25, -0.2) is 13.2 Å². The molecule has 1 unspecified atom stereocenters. The zero-order valence-corrected chi connectivity index (χ0v) is 8.28. The second-order valence-corrected chi connectivity index (χ2v) is 5.10. The first kappa shape index (κ1) is 10.6. The van der Waals surface area contributed by atoms with Crippen molar-refractivity contribution >= 4 is 15.8 Å². The molecule has 0 saturated carbocycles. The number of carboxylic acid groups (broad SMARTS) is 1. The summed E-state index contributed by atoms with van der Waals surface area (Å²) in [6.45, 7) is 1.34. The maximum absolute atomic E-state index is 11.0. The third-order valence-corrected chi connectivity index (χ3v) is 3.11. The maximum Gasteiger partial charge on any atom is 0.377 e. The Morgan fingerprint density at radius 1 is 1.57 bits per heavy atom. The molecule has 14 heavy (non-hydrogen) atoms. The number of carbonyl (C=O) groups is 1. The Morgan fingerprint density at radius 2 is 2.14 bits per heavy atom. The number of hydrogen-bond acceptors (Lipinski definition) is 6. The molecule has 0 aliphatic heterocycles. The number of sulfone groups is 1. The second kappa shape index (κ2) is 3.37. The molecule has 0 fully saturated rings. The molecule has 78 valence electrons. The van der Waals surface area contributed by atoms with Gasteiger partial charge in [-0.15, -0.1) is 0 Å². The van der Waals surface area contributed by atoms with Crippen LogP contribution in [0.2, 0.25) is 0 Å². The first-order valence-electron chi connectivity index (χ1n) is 3.58. The van der Waals surface area contributed by atoms with Crippen LogP contribution in [0.5, 0.6) is 0 Å². The molecule has 0 saturated heterocycles. The van der Waals surface area contributed by atoms with E-state index in [2.05, 4.69) is 14.7 Å². The second-order valence-electron chi connectivity index (χ2n) is 2.73. The normalized spacial score (nSPS) is 13.9. The minimum atomic E-state index is -3.36. The van der Waals surface area contributed by atoms with E-state index in [1.165, 1.54) is 6.92 Å². The lowest BCUT2D eigenvalue weighted by molar-refractivity contribution is 0.0680. The van der Waals surface area contributed by atoms with Crippen LogP contribution < -0.4 is 0 Å². The number of nitrogens with zero attached hydrogens (tertiary/aromatic N) is 2. The Balaban J connectivity index is 3.04. The highest BCUT2D eigenvalue weighted by molar-refractivity contribution is 7.90. The molecule has 0 radical (unpaired) electrons. The summed E-state index contributed by atoms with van der Waals surface area (Å²) < 4.78 is 26.6. The van der Waals surface area contributed by atoms with Gasteiger partial charge in [-0.05, 0) is 12.1 Å². The van der Waals surface area contributed by atoms with Crippen LogP contribution in [-0.4, -0.2) is 35.9 Å². The van der Waals surface area contributed by atoms with Crippen molar-refractivity contribution in [3.63, 3.8) is 0 Å². The van der Waals surface area contributed by atoms with Gasteiger partial charge >= 0.3 is 5.97 Å². The Morgan fingerprint density at radius 3 is 2.50 bits per heavy atom. The average Bonchev–Trinajstić information content (AvgIpc) is 2.48. The van der Waals surface area contributed by atoms with E-state index in [0.29, 0.717) is 0 Å². The van der Waals surface area contributed by atoms with Gasteiger partial charge in [0.05, 0.1) is 0 Å². The molecular formula is C6H8N2O5S. The lowest BCUT2D eigenvalue weighted by Crippen LogP contribution is -2.08. The molecule has 7 nitrogen and oxygen atoms in total. The van der Waals surface area contributed by atoms with E-state index in [-0.39, 0.29) is 5.89 Å². The number of aromatic carboxylic acids is 1. The summed E-state index contributed by atoms with van der Waals surface area (Å²) in [5.41, 5.74) is 0. The molecule has 0 aliphatic rings. The molecule has 0 spiro atoms. The third-order valence-electron chi connectivity index (χ3n) is 1.62. The molecule has 0 amide bonds. The van der Waals surface area contributed by atoms with Gasteiger partial charge in [0.1, 0.15) is 5.25 Å². The zero-order chi connectivity index (χ0) is 10.9. The van der Waals surface area contributed by atoms with Crippen molar-refractivity contribution < 1.29 is 22.8 Å². The first-order valence-corrected chi connectivity index (χ1v) is 5.53. The molecule has 1 atom stereocenters. The van der Waals surface area contributed by atoms with E-state index >= 15 is 0 Å². The SMILES string of the molecule is CC(c1nc(C(=O)O)no1)S(C)(=O)=O. The van der Waals surface area contributed by atoms with Crippen molar-refractivity contribution in [2.75, 3.05) is 6.26 Å². The molecule has 1 heterocycles. The summed E-state index contributed by atoms with van der Waals surface area (Å²) in [5.74, 6) is -2.12. The summed E-state index contributed by atoms with van der Waals surface area (Å²) in [6.07, 6.45) is 1.00. The highest BCUT2D eigenvalue weighted by Crippen LogP contribution is 2.18. The molecule has 8 heteroatoms. The molecule has 1 aromatic rings. The lowest BCUT2D eigenvalue weighted by Gasteiger charge is -2.01. The number of aromatic nitrogens is 2. The number of carboxylic acids is 1. The quantitative estimate of drug-likeness (QED) is 0.755. The summed E-state index contributed by atoms with van der Waals surface area (Å²) in [5, 5.41) is 10.6. The van der Waals surface area contributed by atoms with Gasteiger partial charge < -0.3 is 9.63 Å². The average molecular weight is 220 g/mol. The van der Waals surface area contributed by atoms with Crippen LogP contribution in [-0.2, 0) is 9.84 Å². The van der Waals surface area contributed by atoms with Crippen LogP contribution in [0.1, 0.15) is 28.7 Å². The van der Waals surface area contributed by atoms with Crippen LogP contribution in [0.3, 0.4) is 0 Å². The van der Waals surface area contributed by atoms with E-state index in [1.807, 2.05) is 0 Å². The Kier molecular flexibility index (Phi) is 2.56. The fourth-order valence-electron chi connectivity index (χ4n) is 0.670. The summed E-state index contributed by atoms with van der Waals surface area (Å²) in [6, 6.07) is 0. The van der Waals surface area contributed by atoms with E-state index in [1.54, 1.807) is 0 Å². The fraction of sp³-hybridized carbons (Fsp3) is 0.500.